The Balaban J connectivity index is 0.00000252. The fraction of sp³-hybridized carbons (Fsp3) is 0.263. The number of aryl methyl sites for hydroxylation is 1. The number of imidazole rings is 1. The minimum atomic E-state index is -0.377. The van der Waals surface area contributed by atoms with E-state index in [0.717, 1.165) is 37.3 Å². The summed E-state index contributed by atoms with van der Waals surface area (Å²) in [5.74, 6) is 0.807. The van der Waals surface area contributed by atoms with Gasteiger partial charge in [-0.3, -0.25) is 14.4 Å². The Morgan fingerprint density at radius 1 is 0.906 bits per heavy atom. The summed E-state index contributed by atoms with van der Waals surface area (Å²) in [5.41, 5.74) is 11.2. The van der Waals surface area contributed by atoms with Crippen LogP contribution in [-0.2, 0) is 13.2 Å². The second kappa shape index (κ2) is 18.8. The fourth-order valence-electron chi connectivity index (χ4n) is 5.89. The van der Waals surface area contributed by atoms with Crippen LogP contribution in [-0.4, -0.2) is 84.9 Å². The van der Waals surface area contributed by atoms with Gasteiger partial charge in [0, 0.05) is 44.4 Å². The Kier molecular flexibility index (Phi) is 15.1. The largest absolute Gasteiger partial charge is 0.495 e. The first kappa shape index (κ1) is 42.6. The smallest absolute Gasteiger partial charge is 0.258 e. The van der Waals surface area contributed by atoms with Crippen LogP contribution in [0.5, 0.6) is 11.5 Å². The number of ether oxygens (including phenoxy) is 2. The number of nitrogens with two attached hydrogens (primary N) is 1. The first-order valence-corrected chi connectivity index (χ1v) is 16.4. The first-order valence-electron chi connectivity index (χ1n) is 16.4. The number of amides is 3. The molecule has 0 aliphatic carbocycles. The molecule has 0 radical (unpaired) electrons. The van der Waals surface area contributed by atoms with E-state index in [4.69, 9.17) is 15.2 Å². The van der Waals surface area contributed by atoms with Crippen LogP contribution in [0.4, 0.5) is 11.4 Å². The number of halogens is 3. The maximum absolute atomic E-state index is 13.8. The molecule has 0 spiro atoms. The van der Waals surface area contributed by atoms with Crippen molar-refractivity contribution in [1.82, 2.24) is 19.8 Å². The van der Waals surface area contributed by atoms with Gasteiger partial charge in [-0.05, 0) is 79.7 Å². The lowest BCUT2D eigenvalue weighted by Gasteiger charge is -2.32. The lowest BCUT2D eigenvalue weighted by atomic mass is 10.1. The number of likely N-dealkylation sites (N-methyl/N-ethyl adjacent to an activating group) is 1. The van der Waals surface area contributed by atoms with Gasteiger partial charge in [0.15, 0.2) is 0 Å². The molecule has 1 aliphatic heterocycles. The summed E-state index contributed by atoms with van der Waals surface area (Å²) >= 11 is 0. The van der Waals surface area contributed by atoms with Crippen molar-refractivity contribution < 1.29 is 23.9 Å². The van der Waals surface area contributed by atoms with Crippen LogP contribution in [0.3, 0.4) is 0 Å². The maximum atomic E-state index is 13.8. The van der Waals surface area contributed by atoms with E-state index >= 15 is 0 Å². The molecule has 5 aromatic rings. The van der Waals surface area contributed by atoms with E-state index < -0.39 is 0 Å². The van der Waals surface area contributed by atoms with E-state index in [-0.39, 0.29) is 68.1 Å². The van der Waals surface area contributed by atoms with E-state index in [1.165, 1.54) is 12.0 Å². The highest BCUT2D eigenvalue weighted by Gasteiger charge is 2.22. The molecule has 1 saturated heterocycles. The van der Waals surface area contributed by atoms with Gasteiger partial charge in [0.1, 0.15) is 29.4 Å². The zero-order valence-corrected chi connectivity index (χ0v) is 32.3. The molecule has 3 amide bonds. The zero-order valence-electron chi connectivity index (χ0n) is 29.9. The molecular weight excluding hydrogens is 741 g/mol. The van der Waals surface area contributed by atoms with Crippen molar-refractivity contribution in [3.05, 3.63) is 113 Å². The molecule has 12 nitrogen and oxygen atoms in total. The Morgan fingerprint density at radius 2 is 1.60 bits per heavy atom. The monoisotopic (exact) mass is 783 g/mol. The van der Waals surface area contributed by atoms with Gasteiger partial charge in [-0.15, -0.1) is 37.2 Å². The van der Waals surface area contributed by atoms with Gasteiger partial charge < -0.3 is 40.2 Å². The number of piperazine rings is 1. The summed E-state index contributed by atoms with van der Waals surface area (Å²) in [7, 11) is 5.22. The standard InChI is InChI=1S/C38H41N7O5.3ClH/c1-24-8-15-31(33(20-24)50-23-25-9-11-26(12-10-25)38(48)45-18-16-43(2)17-19-45)44(3)37(47)27-13-14-29(32(21-27)49-4)41-36(46)28-6-5-7-30-35(28)42-34(22-39)40-30;;;/h5-15,20-21H,16-19,22-23,39H2,1-4H3,(H,40,42)(H,41,46);3*1H. The number of aromatic nitrogens is 2. The minimum absolute atomic E-state index is 0. The van der Waals surface area contributed by atoms with Gasteiger partial charge in [0.2, 0.25) is 0 Å². The number of nitrogens with zero attached hydrogens (tertiary/aromatic N) is 4. The van der Waals surface area contributed by atoms with Crippen molar-refractivity contribution in [1.29, 1.82) is 0 Å². The molecule has 0 bridgehead atoms. The van der Waals surface area contributed by atoms with E-state index in [1.807, 2.05) is 60.4 Å². The van der Waals surface area contributed by atoms with Crippen LogP contribution in [0.1, 0.15) is 48.0 Å². The number of hydrogen-bond donors (Lipinski definition) is 3. The van der Waals surface area contributed by atoms with Crippen LogP contribution in [0.2, 0.25) is 0 Å². The Labute approximate surface area is 327 Å². The van der Waals surface area contributed by atoms with Gasteiger partial charge in [-0.25, -0.2) is 4.98 Å². The van der Waals surface area contributed by atoms with E-state index in [0.29, 0.717) is 56.4 Å². The predicted octanol–water partition coefficient (Wildman–Crippen LogP) is 6.10. The van der Waals surface area contributed by atoms with Crippen LogP contribution in [0.25, 0.3) is 11.0 Å². The number of rotatable bonds is 10. The summed E-state index contributed by atoms with van der Waals surface area (Å²) in [4.78, 5) is 53.2. The highest BCUT2D eigenvalue weighted by molar-refractivity contribution is 6.12. The van der Waals surface area contributed by atoms with E-state index in [1.54, 1.807) is 37.4 Å². The number of carbonyl (C=O) groups is 3. The minimum Gasteiger partial charge on any atom is -0.495 e. The van der Waals surface area contributed by atoms with Crippen molar-refractivity contribution in [2.45, 2.75) is 20.1 Å². The Bertz CT molecular complexity index is 2050. The SMILES string of the molecule is COc1cc(C(=O)N(C)c2ccc(C)cc2OCc2ccc(C(=O)N3CCN(C)CC3)cc2)ccc1NC(=O)c1cccc2[nH]c(CN)nc12.Cl.Cl.Cl. The number of aromatic amines is 1. The molecule has 6 rings (SSSR count). The molecule has 0 saturated carbocycles. The fourth-order valence-corrected chi connectivity index (χ4v) is 5.89. The Morgan fingerprint density at radius 3 is 2.28 bits per heavy atom. The topological polar surface area (TPSA) is 146 Å². The van der Waals surface area contributed by atoms with Crippen LogP contribution in [0.15, 0.2) is 78.9 Å². The van der Waals surface area contributed by atoms with Crippen molar-refractivity contribution in [3.63, 3.8) is 0 Å². The van der Waals surface area contributed by atoms with Crippen LogP contribution >= 0.6 is 37.2 Å². The number of carbonyl (C=O) groups excluding carboxylic acids is 3. The molecule has 0 unspecified atom stereocenters. The van der Waals surface area contributed by atoms with Gasteiger partial charge in [-0.1, -0.05) is 24.3 Å². The summed E-state index contributed by atoms with van der Waals surface area (Å²) in [5, 5.41) is 2.88. The maximum Gasteiger partial charge on any atom is 0.258 e. The average molecular weight is 785 g/mol. The number of benzene rings is 4. The molecular formula is C38H44Cl3N7O5. The van der Waals surface area contributed by atoms with E-state index in [9.17, 15) is 14.4 Å². The number of nitrogens with one attached hydrogen (secondary N) is 2. The van der Waals surface area contributed by atoms with Gasteiger partial charge in [0.25, 0.3) is 17.7 Å². The first-order chi connectivity index (χ1) is 24.1. The van der Waals surface area contributed by atoms with Gasteiger partial charge in [-0.2, -0.15) is 0 Å². The molecule has 15 heteroatoms. The molecule has 1 fully saturated rings. The molecule has 2 heterocycles. The van der Waals surface area contributed by atoms with E-state index in [2.05, 4.69) is 27.2 Å². The Hall–Kier alpha value is -4.85. The lowest BCUT2D eigenvalue weighted by Crippen LogP contribution is -2.47. The van der Waals surface area contributed by atoms with Crippen LogP contribution in [0, 0.1) is 6.92 Å². The summed E-state index contributed by atoms with van der Waals surface area (Å²) in [6.07, 6.45) is 0. The molecule has 1 aliphatic rings. The summed E-state index contributed by atoms with van der Waals surface area (Å²) in [6.45, 7) is 5.60. The quantitative estimate of drug-likeness (QED) is 0.154. The third-order valence-electron chi connectivity index (χ3n) is 8.86. The number of fused-ring (bicyclic) bond motifs is 1. The average Bonchev–Trinajstić information content (AvgIpc) is 3.58. The van der Waals surface area contributed by atoms with Crippen molar-refractivity contribution in [3.8, 4) is 11.5 Å². The van der Waals surface area contributed by atoms with Crippen molar-refractivity contribution >= 4 is 77.4 Å². The second-order valence-electron chi connectivity index (χ2n) is 12.4. The zero-order chi connectivity index (χ0) is 35.4. The number of para-hydroxylation sites is 1. The molecule has 0 atom stereocenters. The normalized spacial score (nSPS) is 12.5. The number of methoxy groups -OCH3 is 1. The highest BCUT2D eigenvalue weighted by atomic mass is 35.5. The van der Waals surface area contributed by atoms with Crippen molar-refractivity contribution in [2.24, 2.45) is 5.73 Å². The van der Waals surface area contributed by atoms with Crippen molar-refractivity contribution in [2.75, 3.05) is 57.6 Å². The molecule has 4 N–H and O–H groups in total. The summed E-state index contributed by atoms with van der Waals surface area (Å²) < 4.78 is 11.8. The highest BCUT2D eigenvalue weighted by Crippen LogP contribution is 2.33. The number of anilines is 2. The summed E-state index contributed by atoms with van der Waals surface area (Å²) in [6, 6.07) is 23.3. The molecule has 53 heavy (non-hydrogen) atoms. The number of hydrogen-bond acceptors (Lipinski definition) is 8. The molecule has 282 valence electrons. The molecule has 1 aromatic heterocycles. The molecule has 4 aromatic carbocycles. The van der Waals surface area contributed by atoms with Gasteiger partial charge in [0.05, 0.1) is 36.1 Å². The lowest BCUT2D eigenvalue weighted by molar-refractivity contribution is 0.0663. The van der Waals surface area contributed by atoms with Crippen LogP contribution < -0.4 is 25.4 Å². The second-order valence-corrected chi connectivity index (χ2v) is 12.4. The van der Waals surface area contributed by atoms with Gasteiger partial charge >= 0.3 is 0 Å². The number of H-pyrrole nitrogens is 1. The third kappa shape index (κ3) is 9.58. The third-order valence-corrected chi connectivity index (χ3v) is 8.86. The predicted molar refractivity (Wildman–Crippen MR) is 215 cm³/mol.